The molecule has 0 bridgehead atoms. The Kier molecular flexibility index (Phi) is 6.85. The number of aromatic nitrogens is 1. The third-order valence-electron chi connectivity index (χ3n) is 5.36. The number of rotatable bonds is 9. The van der Waals surface area contributed by atoms with E-state index in [1.165, 1.54) is 17.0 Å². The van der Waals surface area contributed by atoms with Crippen molar-refractivity contribution in [3.05, 3.63) is 53.6 Å². The summed E-state index contributed by atoms with van der Waals surface area (Å²) in [6.45, 7) is 8.20. The van der Waals surface area contributed by atoms with E-state index in [1.807, 2.05) is 19.1 Å². The monoisotopic (exact) mass is 411 g/mol. The smallest absolute Gasteiger partial charge is 0.142 e. The van der Waals surface area contributed by atoms with E-state index in [-0.39, 0.29) is 0 Å². The van der Waals surface area contributed by atoms with E-state index >= 15 is 0 Å². The predicted molar refractivity (Wildman–Crippen MR) is 119 cm³/mol. The summed E-state index contributed by atoms with van der Waals surface area (Å²) in [7, 11) is 0. The molecule has 5 nitrogen and oxygen atoms in total. The fraction of sp³-hybridized carbons (Fsp3) is 0.435. The summed E-state index contributed by atoms with van der Waals surface area (Å²) in [4.78, 5) is 6.18. The number of hydrogen-bond donors (Lipinski definition) is 0. The summed E-state index contributed by atoms with van der Waals surface area (Å²) < 4.78 is 11.3. The molecule has 4 rings (SSSR count). The first kappa shape index (κ1) is 20.0. The number of anilines is 1. The van der Waals surface area contributed by atoms with E-state index in [9.17, 15) is 0 Å². The molecule has 0 saturated carbocycles. The van der Waals surface area contributed by atoms with Crippen LogP contribution in [0.3, 0.4) is 0 Å². The Bertz CT molecular complexity index is 870. The van der Waals surface area contributed by atoms with Crippen LogP contribution in [0.15, 0.2) is 52.4 Å². The van der Waals surface area contributed by atoms with E-state index in [1.54, 1.807) is 11.3 Å². The van der Waals surface area contributed by atoms with Crippen molar-refractivity contribution in [3.8, 4) is 16.3 Å². The molecule has 0 spiro atoms. The maximum absolute atomic E-state index is 5.80. The Morgan fingerprint density at radius 3 is 2.72 bits per heavy atom. The van der Waals surface area contributed by atoms with Gasteiger partial charge < -0.3 is 14.2 Å². The Labute approximate surface area is 176 Å². The lowest BCUT2D eigenvalue weighted by molar-refractivity contribution is 0.250. The van der Waals surface area contributed by atoms with Crippen LogP contribution in [-0.4, -0.2) is 49.4 Å². The molecule has 1 aliphatic heterocycles. The molecule has 3 heterocycles. The van der Waals surface area contributed by atoms with Crippen molar-refractivity contribution in [2.24, 2.45) is 0 Å². The number of para-hydroxylation sites is 2. The Balaban J connectivity index is 1.18. The van der Waals surface area contributed by atoms with Gasteiger partial charge in [0.1, 0.15) is 17.2 Å². The van der Waals surface area contributed by atoms with Gasteiger partial charge >= 0.3 is 0 Å². The lowest BCUT2D eigenvalue weighted by Crippen LogP contribution is -2.46. The molecule has 29 heavy (non-hydrogen) atoms. The molecule has 1 aromatic carbocycles. The maximum Gasteiger partial charge on any atom is 0.142 e. The molecular weight excluding hydrogens is 382 g/mol. The van der Waals surface area contributed by atoms with Gasteiger partial charge in [-0.3, -0.25) is 4.90 Å². The first-order chi connectivity index (χ1) is 14.3. The fourth-order valence-electron chi connectivity index (χ4n) is 3.81. The number of benzene rings is 1. The minimum Gasteiger partial charge on any atom is -0.492 e. The molecular formula is C23H29N3O2S. The Morgan fingerprint density at radius 1 is 1.07 bits per heavy atom. The highest BCUT2D eigenvalue weighted by atomic mass is 32.1. The number of aryl methyl sites for hydroxylation is 1. The fourth-order valence-corrected chi connectivity index (χ4v) is 4.49. The number of nitrogens with zero attached hydrogens (tertiary/aromatic N) is 3. The van der Waals surface area contributed by atoms with Crippen molar-refractivity contribution >= 4 is 17.0 Å². The molecule has 1 fully saturated rings. The van der Waals surface area contributed by atoms with Crippen LogP contribution in [0.5, 0.6) is 5.75 Å². The molecule has 0 N–H and O–H groups in total. The van der Waals surface area contributed by atoms with Gasteiger partial charge in [-0.1, -0.05) is 23.4 Å². The van der Waals surface area contributed by atoms with Crippen LogP contribution in [0, 0.1) is 0 Å². The molecule has 154 valence electrons. The molecule has 1 saturated heterocycles. The van der Waals surface area contributed by atoms with Crippen molar-refractivity contribution in [3.63, 3.8) is 0 Å². The van der Waals surface area contributed by atoms with Gasteiger partial charge in [-0.25, -0.2) is 0 Å². The zero-order chi connectivity index (χ0) is 19.9. The topological polar surface area (TPSA) is 41.7 Å². The lowest BCUT2D eigenvalue weighted by Gasteiger charge is -2.36. The summed E-state index contributed by atoms with van der Waals surface area (Å²) in [5, 5.41) is 6.26. The lowest BCUT2D eigenvalue weighted by atomic mass is 10.1. The van der Waals surface area contributed by atoms with Gasteiger partial charge in [0.05, 0.1) is 17.2 Å². The summed E-state index contributed by atoms with van der Waals surface area (Å²) >= 11 is 1.70. The van der Waals surface area contributed by atoms with Crippen LogP contribution in [0.1, 0.15) is 25.5 Å². The van der Waals surface area contributed by atoms with Gasteiger partial charge in [0.2, 0.25) is 0 Å². The maximum atomic E-state index is 5.80. The summed E-state index contributed by atoms with van der Waals surface area (Å²) in [5.41, 5.74) is 2.18. The molecule has 0 aliphatic carbocycles. The molecule has 0 unspecified atom stereocenters. The van der Waals surface area contributed by atoms with E-state index < -0.39 is 0 Å². The SMILES string of the molecule is CCOc1ccccc1N1CCN(CCCCc2cc(-c3cccs3)no2)CC1. The number of piperazine rings is 1. The van der Waals surface area contributed by atoms with Gasteiger partial charge in [0.15, 0.2) is 0 Å². The average molecular weight is 412 g/mol. The van der Waals surface area contributed by atoms with Gasteiger partial charge in [0, 0.05) is 38.7 Å². The van der Waals surface area contributed by atoms with Gasteiger partial charge in [-0.15, -0.1) is 11.3 Å². The standard InChI is InChI=1S/C23H29N3O2S/c1-2-27-22-10-4-3-9-21(22)26-15-13-25(14-16-26)12-6-5-8-19-18-20(24-28-19)23-11-7-17-29-23/h3-4,7,9-11,17-18H,2,5-6,8,12-16H2,1H3. The molecule has 0 amide bonds. The van der Waals surface area contributed by atoms with Gasteiger partial charge in [0.25, 0.3) is 0 Å². The number of thiophene rings is 1. The third kappa shape index (κ3) is 5.19. The first-order valence-electron chi connectivity index (χ1n) is 10.5. The second kappa shape index (κ2) is 9.94. The number of unbranched alkanes of at least 4 members (excludes halogenated alkanes) is 1. The quantitative estimate of drug-likeness (QED) is 0.466. The summed E-state index contributed by atoms with van der Waals surface area (Å²) in [6.07, 6.45) is 3.27. The molecule has 6 heteroatoms. The van der Waals surface area contributed by atoms with Gasteiger partial charge in [-0.2, -0.15) is 0 Å². The van der Waals surface area contributed by atoms with Crippen LogP contribution in [-0.2, 0) is 6.42 Å². The summed E-state index contributed by atoms with van der Waals surface area (Å²) in [5.74, 6) is 1.99. The van der Waals surface area contributed by atoms with Crippen LogP contribution in [0.2, 0.25) is 0 Å². The predicted octanol–water partition coefficient (Wildman–Crippen LogP) is 4.95. The largest absolute Gasteiger partial charge is 0.492 e. The molecule has 0 atom stereocenters. The zero-order valence-corrected chi connectivity index (χ0v) is 17.9. The van der Waals surface area contributed by atoms with Crippen molar-refractivity contribution in [2.45, 2.75) is 26.2 Å². The number of ether oxygens (including phenoxy) is 1. The zero-order valence-electron chi connectivity index (χ0n) is 17.0. The van der Waals surface area contributed by atoms with Crippen LogP contribution < -0.4 is 9.64 Å². The van der Waals surface area contributed by atoms with Crippen LogP contribution in [0.4, 0.5) is 5.69 Å². The minimum atomic E-state index is 0.705. The normalized spacial score (nSPS) is 15.0. The van der Waals surface area contributed by atoms with E-state index in [0.717, 1.165) is 62.8 Å². The second-order valence-electron chi connectivity index (χ2n) is 7.34. The van der Waals surface area contributed by atoms with Crippen molar-refractivity contribution in [1.29, 1.82) is 0 Å². The van der Waals surface area contributed by atoms with Crippen molar-refractivity contribution < 1.29 is 9.26 Å². The first-order valence-corrected chi connectivity index (χ1v) is 11.4. The van der Waals surface area contributed by atoms with E-state index in [0.29, 0.717) is 6.61 Å². The number of hydrogen-bond acceptors (Lipinski definition) is 6. The highest BCUT2D eigenvalue weighted by Crippen LogP contribution is 2.29. The van der Waals surface area contributed by atoms with Crippen LogP contribution in [0.25, 0.3) is 10.6 Å². The van der Waals surface area contributed by atoms with Gasteiger partial charge in [-0.05, 0) is 49.9 Å². The molecule has 1 aliphatic rings. The average Bonchev–Trinajstić information content (AvgIpc) is 3.44. The third-order valence-corrected chi connectivity index (χ3v) is 6.25. The molecule has 0 radical (unpaired) electrons. The Hall–Kier alpha value is -2.31. The van der Waals surface area contributed by atoms with E-state index in [4.69, 9.17) is 9.26 Å². The van der Waals surface area contributed by atoms with Crippen LogP contribution >= 0.6 is 11.3 Å². The molecule has 3 aromatic rings. The van der Waals surface area contributed by atoms with E-state index in [2.05, 4.69) is 50.7 Å². The minimum absolute atomic E-state index is 0.705. The highest BCUT2D eigenvalue weighted by Gasteiger charge is 2.19. The Morgan fingerprint density at radius 2 is 1.93 bits per heavy atom. The summed E-state index contributed by atoms with van der Waals surface area (Å²) in [6, 6.07) is 14.6. The van der Waals surface area contributed by atoms with Crippen molar-refractivity contribution in [2.75, 3.05) is 44.2 Å². The second-order valence-corrected chi connectivity index (χ2v) is 8.29. The highest BCUT2D eigenvalue weighted by molar-refractivity contribution is 7.13. The van der Waals surface area contributed by atoms with Crippen molar-refractivity contribution in [1.82, 2.24) is 10.1 Å². The molecule has 2 aromatic heterocycles.